The van der Waals surface area contributed by atoms with E-state index in [-0.39, 0.29) is 41.2 Å². The van der Waals surface area contributed by atoms with Crippen LogP contribution in [-0.4, -0.2) is 57.0 Å². The van der Waals surface area contributed by atoms with Gasteiger partial charge in [-0.15, -0.1) is 0 Å². The smallest absolute Gasteiger partial charge is 0.255 e. The summed E-state index contributed by atoms with van der Waals surface area (Å²) >= 11 is 0. The number of amides is 2. The minimum atomic E-state index is -0.730. The van der Waals surface area contributed by atoms with E-state index in [9.17, 15) is 9.59 Å². The molecular weight excluding hydrogens is 480 g/mol. The van der Waals surface area contributed by atoms with E-state index >= 15 is 0 Å². The first-order chi connectivity index (χ1) is 18.0. The highest BCUT2D eigenvalue weighted by atomic mass is 16.5. The minimum Gasteiger partial charge on any atom is -0.383 e. The van der Waals surface area contributed by atoms with Crippen molar-refractivity contribution in [3.63, 3.8) is 0 Å². The van der Waals surface area contributed by atoms with Crippen LogP contribution in [0.3, 0.4) is 0 Å². The van der Waals surface area contributed by atoms with Crippen LogP contribution in [0.5, 0.6) is 0 Å². The maximum atomic E-state index is 13.6. The van der Waals surface area contributed by atoms with Crippen molar-refractivity contribution in [3.05, 3.63) is 65.6 Å². The first-order valence-electron chi connectivity index (χ1n) is 12.6. The number of carbonyl (C=O) groups is 2. The normalized spacial score (nSPS) is 18.1. The fourth-order valence-electron chi connectivity index (χ4n) is 4.64. The zero-order valence-electron chi connectivity index (χ0n) is 22.5. The molecule has 0 spiro atoms. The Morgan fingerprint density at radius 1 is 1.32 bits per heavy atom. The minimum absolute atomic E-state index is 0.0215. The third kappa shape index (κ3) is 5.41. The monoisotopic (exact) mass is 514 g/mol. The van der Waals surface area contributed by atoms with Crippen LogP contribution in [0.4, 0.5) is 5.82 Å². The van der Waals surface area contributed by atoms with Gasteiger partial charge in [0.25, 0.3) is 5.91 Å². The number of H-pyrrole nitrogens is 1. The fourth-order valence-corrected chi connectivity index (χ4v) is 4.64. The largest absolute Gasteiger partial charge is 0.383 e. The lowest BCUT2D eigenvalue weighted by atomic mass is 10.0. The number of likely N-dealkylation sites (tertiary alicyclic amines) is 1. The second-order valence-electron chi connectivity index (χ2n) is 10.1. The zero-order valence-corrected chi connectivity index (χ0v) is 22.5. The number of carbonyl (C=O) groups excluding carboxylic acids is 2. The van der Waals surface area contributed by atoms with Crippen LogP contribution < -0.4 is 11.1 Å². The number of nitrogens with two attached hydrogens (primary N) is 1. The molecular formula is C29H34N6O3. The summed E-state index contributed by atoms with van der Waals surface area (Å²) in [5.74, 6) is 6.26. The van der Waals surface area contributed by atoms with Crippen molar-refractivity contribution in [2.75, 3.05) is 19.4 Å². The van der Waals surface area contributed by atoms with E-state index in [0.717, 1.165) is 5.56 Å². The molecule has 0 radical (unpaired) electrons. The lowest BCUT2D eigenvalue weighted by Gasteiger charge is -2.19. The number of benzene rings is 1. The summed E-state index contributed by atoms with van der Waals surface area (Å²) in [5, 5.41) is 3.46. The van der Waals surface area contributed by atoms with Gasteiger partial charge in [0.05, 0.1) is 17.0 Å². The van der Waals surface area contributed by atoms with Crippen molar-refractivity contribution >= 4 is 28.7 Å². The number of nitrogens with zero attached hydrogens (tertiary/aromatic N) is 3. The topological polar surface area (TPSA) is 126 Å². The average Bonchev–Trinajstić information content (AvgIpc) is 3.48. The molecule has 4 N–H and O–H groups in total. The highest BCUT2D eigenvalue weighted by molar-refractivity contribution is 6.11. The van der Waals surface area contributed by atoms with Gasteiger partial charge in [-0.1, -0.05) is 42.8 Å². The van der Waals surface area contributed by atoms with E-state index in [1.807, 2.05) is 58.0 Å². The number of nitrogens with one attached hydrogen (secondary N) is 2. The molecule has 1 saturated heterocycles. The van der Waals surface area contributed by atoms with Crippen molar-refractivity contribution in [2.24, 2.45) is 0 Å². The maximum Gasteiger partial charge on any atom is 0.255 e. The molecule has 0 bridgehead atoms. The number of fused-ring (bicyclic) bond motifs is 1. The van der Waals surface area contributed by atoms with Gasteiger partial charge in [-0.3, -0.25) is 9.59 Å². The molecule has 3 heterocycles. The molecule has 2 aromatic heterocycles. The van der Waals surface area contributed by atoms with Crippen LogP contribution in [0.2, 0.25) is 0 Å². The Morgan fingerprint density at radius 2 is 2.03 bits per heavy atom. The summed E-state index contributed by atoms with van der Waals surface area (Å²) < 4.78 is 5.44. The molecule has 0 unspecified atom stereocenters. The van der Waals surface area contributed by atoms with Crippen LogP contribution in [-0.2, 0) is 9.53 Å². The Morgan fingerprint density at radius 3 is 2.68 bits per heavy atom. The molecule has 198 valence electrons. The quantitative estimate of drug-likeness (QED) is 0.340. The number of nitrogen functional groups attached to an aromatic ring is 1. The number of rotatable bonds is 6. The molecule has 0 saturated carbocycles. The van der Waals surface area contributed by atoms with E-state index in [0.29, 0.717) is 35.5 Å². The van der Waals surface area contributed by atoms with Gasteiger partial charge in [0, 0.05) is 25.6 Å². The van der Waals surface area contributed by atoms with Gasteiger partial charge in [0.1, 0.15) is 28.6 Å². The summed E-state index contributed by atoms with van der Waals surface area (Å²) in [7, 11) is 1.58. The second kappa shape index (κ2) is 10.7. The Hall–Kier alpha value is -4.16. The molecule has 4 rings (SSSR count). The van der Waals surface area contributed by atoms with Crippen molar-refractivity contribution < 1.29 is 14.3 Å². The van der Waals surface area contributed by atoms with Gasteiger partial charge >= 0.3 is 0 Å². The number of aromatic amines is 1. The van der Waals surface area contributed by atoms with E-state index < -0.39 is 5.60 Å². The zero-order chi connectivity index (χ0) is 27.6. The predicted octanol–water partition coefficient (Wildman–Crippen LogP) is 3.70. The molecule has 3 atom stereocenters. The number of aromatic nitrogens is 3. The number of anilines is 1. The number of hydrogen-bond donors (Lipinski definition) is 3. The summed E-state index contributed by atoms with van der Waals surface area (Å²) in [6.45, 7) is 11.6. The van der Waals surface area contributed by atoms with E-state index in [1.165, 1.54) is 6.08 Å². The fraction of sp³-hybridized carbons (Fsp3) is 0.379. The van der Waals surface area contributed by atoms with Gasteiger partial charge in [-0.05, 0) is 51.7 Å². The summed E-state index contributed by atoms with van der Waals surface area (Å²) in [5.41, 5.74) is 7.79. The predicted molar refractivity (Wildman–Crippen MR) is 147 cm³/mol. The maximum absolute atomic E-state index is 13.6. The number of ether oxygens (including phenoxy) is 1. The Labute approximate surface area is 222 Å². The Bertz CT molecular complexity index is 1430. The second-order valence-corrected chi connectivity index (χ2v) is 10.1. The number of methoxy groups -OCH3 is 1. The molecule has 9 nitrogen and oxygen atoms in total. The molecule has 2 amide bonds. The Kier molecular flexibility index (Phi) is 7.56. The molecule has 1 aliphatic rings. The van der Waals surface area contributed by atoms with Gasteiger partial charge in [0.2, 0.25) is 5.91 Å². The van der Waals surface area contributed by atoms with Crippen molar-refractivity contribution in [3.8, 4) is 11.8 Å². The SMILES string of the molecule is C=CC(=O)N1C[C@H](c2nc(N)c3c(C(=O)N[C@H](C)c4ccccc4)c(C#CC(C)(C)OC)[nH]c3n2)C[C@@H]1C. The van der Waals surface area contributed by atoms with E-state index in [2.05, 4.69) is 33.7 Å². The molecule has 1 aromatic carbocycles. The third-order valence-electron chi connectivity index (χ3n) is 6.97. The summed E-state index contributed by atoms with van der Waals surface area (Å²) in [4.78, 5) is 40.1. The first-order valence-corrected chi connectivity index (χ1v) is 12.6. The van der Waals surface area contributed by atoms with Crippen LogP contribution >= 0.6 is 0 Å². The van der Waals surface area contributed by atoms with E-state index in [4.69, 9.17) is 15.5 Å². The van der Waals surface area contributed by atoms with Crippen LogP contribution in [0.25, 0.3) is 11.0 Å². The van der Waals surface area contributed by atoms with E-state index in [1.54, 1.807) is 12.0 Å². The van der Waals surface area contributed by atoms with Crippen molar-refractivity contribution in [1.29, 1.82) is 0 Å². The highest BCUT2D eigenvalue weighted by Gasteiger charge is 2.35. The van der Waals surface area contributed by atoms with Gasteiger partial charge < -0.3 is 25.7 Å². The van der Waals surface area contributed by atoms with Crippen LogP contribution in [0, 0.1) is 11.8 Å². The van der Waals surface area contributed by atoms with Crippen LogP contribution in [0.1, 0.15) is 73.5 Å². The highest BCUT2D eigenvalue weighted by Crippen LogP contribution is 2.33. The third-order valence-corrected chi connectivity index (χ3v) is 6.97. The molecule has 38 heavy (non-hydrogen) atoms. The van der Waals surface area contributed by atoms with Crippen molar-refractivity contribution in [1.82, 2.24) is 25.2 Å². The standard InChI is InChI=1S/C29H34N6O3/c1-7-22(36)35-16-20(15-17(35)2)26-33-25(30)24-23(28(37)31-18(3)19-11-9-8-10-12-19)21(32-27(24)34-26)13-14-29(4,5)38-6/h7-12,17-18,20H,1,15-16H2,2-6H3,(H,31,37)(H3,30,32,33,34)/t17-,18+,20+/m0/s1. The molecule has 1 aliphatic heterocycles. The average molecular weight is 515 g/mol. The van der Waals surface area contributed by atoms with Gasteiger partial charge in [-0.2, -0.15) is 0 Å². The lowest BCUT2D eigenvalue weighted by Crippen LogP contribution is -2.32. The summed E-state index contributed by atoms with van der Waals surface area (Å²) in [6.07, 6.45) is 2.01. The van der Waals surface area contributed by atoms with Crippen LogP contribution in [0.15, 0.2) is 43.0 Å². The molecule has 1 fully saturated rings. The first kappa shape index (κ1) is 26.9. The van der Waals surface area contributed by atoms with Gasteiger partial charge in [0.15, 0.2) is 0 Å². The number of hydrogen-bond acceptors (Lipinski definition) is 6. The summed E-state index contributed by atoms with van der Waals surface area (Å²) in [6, 6.07) is 9.45. The van der Waals surface area contributed by atoms with Crippen molar-refractivity contribution in [2.45, 2.75) is 57.7 Å². The van der Waals surface area contributed by atoms with Gasteiger partial charge in [-0.25, -0.2) is 9.97 Å². The Balaban J connectivity index is 1.77. The molecule has 0 aliphatic carbocycles. The molecule has 9 heteroatoms. The lowest BCUT2D eigenvalue weighted by molar-refractivity contribution is -0.126. The molecule has 3 aromatic rings.